The van der Waals surface area contributed by atoms with Crippen LogP contribution in [-0.2, 0) is 0 Å². The maximum absolute atomic E-state index is 6.62. The standard InChI is InChI=1S/C48H27NO4/c1-4-18-39-31(10-1)34-14-7-16-37(46(34)51-39)49(38-17-8-15-35-32-11-2-5-19-40(32)52-47(35)38)29-24-22-28(23-25-29)30-13-9-21-42-44(30)45-43(50-42)27-26-36-33-12-3-6-20-41(33)53-48(36)45/h1-27H. The summed E-state index contributed by atoms with van der Waals surface area (Å²) in [4.78, 5) is 2.25. The second-order valence-electron chi connectivity index (χ2n) is 13.6. The Morgan fingerprint density at radius 3 is 1.38 bits per heavy atom. The Labute approximate surface area is 301 Å². The Bertz CT molecular complexity index is 3300. The van der Waals surface area contributed by atoms with Crippen LogP contribution in [0, 0.1) is 0 Å². The molecule has 0 saturated heterocycles. The Morgan fingerprint density at radius 1 is 0.302 bits per heavy atom. The third kappa shape index (κ3) is 4.02. The lowest BCUT2D eigenvalue weighted by atomic mass is 9.98. The summed E-state index contributed by atoms with van der Waals surface area (Å²) in [5.74, 6) is 0. The summed E-state index contributed by atoms with van der Waals surface area (Å²) >= 11 is 0. The normalized spacial score (nSPS) is 12.2. The minimum atomic E-state index is 0.805. The first-order chi connectivity index (χ1) is 26.3. The van der Waals surface area contributed by atoms with Crippen LogP contribution in [0.1, 0.15) is 0 Å². The van der Waals surface area contributed by atoms with E-state index in [1.165, 1.54) is 0 Å². The van der Waals surface area contributed by atoms with E-state index in [1.54, 1.807) is 0 Å². The second kappa shape index (κ2) is 10.6. The lowest BCUT2D eigenvalue weighted by Gasteiger charge is -2.25. The molecule has 0 aliphatic rings. The first kappa shape index (κ1) is 28.5. The zero-order chi connectivity index (χ0) is 34.6. The van der Waals surface area contributed by atoms with Crippen molar-refractivity contribution in [3.63, 3.8) is 0 Å². The molecule has 0 fully saturated rings. The van der Waals surface area contributed by atoms with E-state index >= 15 is 0 Å². The first-order valence-corrected chi connectivity index (χ1v) is 17.7. The Kier molecular flexibility index (Phi) is 5.71. The van der Waals surface area contributed by atoms with Crippen LogP contribution in [-0.4, -0.2) is 0 Å². The molecular weight excluding hydrogens is 655 g/mol. The Hall–Kier alpha value is -7.24. The van der Waals surface area contributed by atoms with Crippen LogP contribution in [0.15, 0.2) is 181 Å². The highest BCUT2D eigenvalue weighted by Gasteiger charge is 2.24. The molecule has 5 heteroatoms. The monoisotopic (exact) mass is 681 g/mol. The molecule has 0 amide bonds. The largest absolute Gasteiger partial charge is 0.456 e. The number of para-hydroxylation sites is 5. The fraction of sp³-hybridized carbons (Fsp3) is 0. The summed E-state index contributed by atoms with van der Waals surface area (Å²) in [5.41, 5.74) is 11.6. The molecule has 4 heterocycles. The van der Waals surface area contributed by atoms with Gasteiger partial charge in [0, 0.05) is 43.4 Å². The zero-order valence-corrected chi connectivity index (χ0v) is 28.2. The molecular formula is C48H27NO4. The quantitative estimate of drug-likeness (QED) is 0.185. The third-order valence-corrected chi connectivity index (χ3v) is 10.7. The fourth-order valence-corrected chi connectivity index (χ4v) is 8.34. The summed E-state index contributed by atoms with van der Waals surface area (Å²) in [7, 11) is 0. The molecule has 53 heavy (non-hydrogen) atoms. The van der Waals surface area contributed by atoms with E-state index in [-0.39, 0.29) is 0 Å². The minimum absolute atomic E-state index is 0.805. The van der Waals surface area contributed by atoms with Crippen molar-refractivity contribution in [1.82, 2.24) is 0 Å². The Morgan fingerprint density at radius 2 is 0.774 bits per heavy atom. The fourth-order valence-electron chi connectivity index (χ4n) is 8.34. The van der Waals surface area contributed by atoms with Crippen molar-refractivity contribution in [2.75, 3.05) is 4.90 Å². The van der Waals surface area contributed by atoms with Crippen molar-refractivity contribution < 1.29 is 17.7 Å². The number of nitrogens with zero attached hydrogens (tertiary/aromatic N) is 1. The number of furan rings is 4. The van der Waals surface area contributed by atoms with Gasteiger partial charge in [0.2, 0.25) is 0 Å². The molecule has 0 saturated carbocycles. The molecule has 0 bridgehead atoms. The Balaban J connectivity index is 1.09. The summed E-state index contributed by atoms with van der Waals surface area (Å²) in [6, 6.07) is 56.4. The molecule has 12 rings (SSSR count). The number of hydrogen-bond donors (Lipinski definition) is 0. The molecule has 0 unspecified atom stereocenters. The highest BCUT2D eigenvalue weighted by atomic mass is 16.3. The summed E-state index contributed by atoms with van der Waals surface area (Å²) in [5, 5.41) is 8.50. The van der Waals surface area contributed by atoms with Crippen molar-refractivity contribution in [3.8, 4) is 11.1 Å². The van der Waals surface area contributed by atoms with Gasteiger partial charge in [0.1, 0.15) is 33.5 Å². The van der Waals surface area contributed by atoms with Crippen LogP contribution in [0.25, 0.3) is 98.9 Å². The summed E-state index contributed by atoms with van der Waals surface area (Å²) in [6.45, 7) is 0. The van der Waals surface area contributed by atoms with Gasteiger partial charge in [-0.3, -0.25) is 0 Å². The molecule has 5 nitrogen and oxygen atoms in total. The maximum atomic E-state index is 6.62. The number of hydrogen-bond acceptors (Lipinski definition) is 5. The molecule has 0 N–H and O–H groups in total. The van der Waals surface area contributed by atoms with Gasteiger partial charge in [-0.1, -0.05) is 103 Å². The van der Waals surface area contributed by atoms with Gasteiger partial charge in [-0.15, -0.1) is 0 Å². The predicted molar refractivity (Wildman–Crippen MR) is 216 cm³/mol. The van der Waals surface area contributed by atoms with E-state index in [0.717, 1.165) is 116 Å². The predicted octanol–water partition coefficient (Wildman–Crippen LogP) is 14.4. The molecule has 0 aliphatic heterocycles. The van der Waals surface area contributed by atoms with Crippen LogP contribution in [0.4, 0.5) is 17.1 Å². The highest BCUT2D eigenvalue weighted by Crippen LogP contribution is 2.47. The van der Waals surface area contributed by atoms with Crippen LogP contribution < -0.4 is 4.90 Å². The average Bonchev–Trinajstić information content (AvgIpc) is 3.98. The molecule has 0 radical (unpaired) electrons. The molecule has 248 valence electrons. The van der Waals surface area contributed by atoms with Gasteiger partial charge in [-0.2, -0.15) is 0 Å². The van der Waals surface area contributed by atoms with E-state index in [2.05, 4.69) is 126 Å². The molecule has 0 spiro atoms. The smallest absolute Gasteiger partial charge is 0.159 e. The van der Waals surface area contributed by atoms with Gasteiger partial charge >= 0.3 is 0 Å². The number of rotatable bonds is 4. The van der Waals surface area contributed by atoms with Gasteiger partial charge in [-0.25, -0.2) is 0 Å². The number of anilines is 3. The van der Waals surface area contributed by atoms with Gasteiger partial charge < -0.3 is 22.6 Å². The molecule has 0 aliphatic carbocycles. The van der Waals surface area contributed by atoms with Crippen LogP contribution in [0.3, 0.4) is 0 Å². The lowest BCUT2D eigenvalue weighted by Crippen LogP contribution is -2.10. The summed E-state index contributed by atoms with van der Waals surface area (Å²) < 4.78 is 26.2. The van der Waals surface area contributed by atoms with Gasteiger partial charge in [0.05, 0.1) is 16.8 Å². The number of fused-ring (bicyclic) bond motifs is 13. The van der Waals surface area contributed by atoms with Gasteiger partial charge in [0.15, 0.2) is 11.2 Å². The van der Waals surface area contributed by atoms with E-state index in [0.29, 0.717) is 0 Å². The number of benzene rings is 8. The highest BCUT2D eigenvalue weighted by molar-refractivity contribution is 6.25. The third-order valence-electron chi connectivity index (χ3n) is 10.7. The minimum Gasteiger partial charge on any atom is -0.456 e. The van der Waals surface area contributed by atoms with E-state index in [1.807, 2.05) is 42.5 Å². The van der Waals surface area contributed by atoms with Crippen molar-refractivity contribution in [1.29, 1.82) is 0 Å². The maximum Gasteiger partial charge on any atom is 0.159 e. The van der Waals surface area contributed by atoms with Gasteiger partial charge in [0.25, 0.3) is 0 Å². The van der Waals surface area contributed by atoms with E-state index < -0.39 is 0 Å². The summed E-state index contributed by atoms with van der Waals surface area (Å²) in [6.07, 6.45) is 0. The van der Waals surface area contributed by atoms with Crippen molar-refractivity contribution in [2.45, 2.75) is 0 Å². The van der Waals surface area contributed by atoms with Crippen molar-refractivity contribution in [2.24, 2.45) is 0 Å². The van der Waals surface area contributed by atoms with Gasteiger partial charge in [-0.05, 0) is 71.8 Å². The molecule has 12 aromatic rings. The average molecular weight is 682 g/mol. The first-order valence-electron chi connectivity index (χ1n) is 17.7. The van der Waals surface area contributed by atoms with E-state index in [9.17, 15) is 0 Å². The van der Waals surface area contributed by atoms with Crippen LogP contribution >= 0.6 is 0 Å². The second-order valence-corrected chi connectivity index (χ2v) is 13.6. The molecule has 0 atom stereocenters. The SMILES string of the molecule is c1ccc2c(c1)oc1c(N(c3ccc(-c4cccc5oc6ccc7c8ccccc8oc7c6c45)cc3)c3cccc4c3oc3ccccc34)cccc12. The topological polar surface area (TPSA) is 55.8 Å². The zero-order valence-electron chi connectivity index (χ0n) is 28.2. The van der Waals surface area contributed by atoms with Crippen LogP contribution in [0.5, 0.6) is 0 Å². The van der Waals surface area contributed by atoms with E-state index in [4.69, 9.17) is 17.7 Å². The lowest BCUT2D eigenvalue weighted by molar-refractivity contribution is 0.662. The van der Waals surface area contributed by atoms with Crippen molar-refractivity contribution >= 4 is 105 Å². The van der Waals surface area contributed by atoms with Crippen LogP contribution in [0.2, 0.25) is 0 Å². The van der Waals surface area contributed by atoms with Crippen molar-refractivity contribution in [3.05, 3.63) is 164 Å². The molecule has 8 aromatic carbocycles. The molecule has 4 aromatic heterocycles.